The van der Waals surface area contributed by atoms with Crippen molar-refractivity contribution in [2.45, 2.75) is 23.8 Å². The summed E-state index contributed by atoms with van der Waals surface area (Å²) in [6.07, 6.45) is 1.92. The smallest absolute Gasteiger partial charge is 0.241 e. The van der Waals surface area contributed by atoms with Crippen LogP contribution in [0.5, 0.6) is 0 Å². The summed E-state index contributed by atoms with van der Waals surface area (Å²) in [7, 11) is 0. The highest BCUT2D eigenvalue weighted by Gasteiger charge is 2.22. The molecular formula is C13H16ClN3O2S. The van der Waals surface area contributed by atoms with Crippen LogP contribution in [-0.2, 0) is 9.59 Å². The highest BCUT2D eigenvalue weighted by atomic mass is 35.5. The number of hydrogen-bond acceptors (Lipinski definition) is 4. The standard InChI is InChI=1S/C13H15N3O2S.ClH/c17-12-7-19-11-4-3-8(6-10(11)16-12)15-13(18)9-2-1-5-14-9;/h3-4,6,9,14H,1-2,5,7H2,(H,15,18)(H,16,17);1H. The van der Waals surface area contributed by atoms with E-state index in [9.17, 15) is 9.59 Å². The van der Waals surface area contributed by atoms with Gasteiger partial charge in [-0.05, 0) is 37.6 Å². The number of amides is 2. The summed E-state index contributed by atoms with van der Waals surface area (Å²) < 4.78 is 0. The fourth-order valence-corrected chi connectivity index (χ4v) is 3.09. The first kappa shape index (κ1) is 15.2. The molecule has 2 heterocycles. The third-order valence-corrected chi connectivity index (χ3v) is 4.33. The molecule has 3 rings (SSSR count). The Morgan fingerprint density at radius 2 is 2.25 bits per heavy atom. The van der Waals surface area contributed by atoms with E-state index in [4.69, 9.17) is 0 Å². The lowest BCUT2D eigenvalue weighted by Gasteiger charge is -2.18. The van der Waals surface area contributed by atoms with Crippen LogP contribution in [0.25, 0.3) is 0 Å². The van der Waals surface area contributed by atoms with E-state index in [-0.39, 0.29) is 30.3 Å². The molecule has 108 valence electrons. The highest BCUT2D eigenvalue weighted by Crippen LogP contribution is 2.33. The molecule has 20 heavy (non-hydrogen) atoms. The SMILES string of the molecule is Cl.O=C1CSc2ccc(NC(=O)C3CCCN3)cc2N1. The molecule has 0 radical (unpaired) electrons. The summed E-state index contributed by atoms with van der Waals surface area (Å²) in [5.41, 5.74) is 1.50. The van der Waals surface area contributed by atoms with Crippen LogP contribution in [0.3, 0.4) is 0 Å². The minimum atomic E-state index is -0.0972. The van der Waals surface area contributed by atoms with Crippen LogP contribution < -0.4 is 16.0 Å². The first-order chi connectivity index (χ1) is 9.22. The lowest BCUT2D eigenvalue weighted by molar-refractivity contribution is -0.117. The van der Waals surface area contributed by atoms with Crippen molar-refractivity contribution < 1.29 is 9.59 Å². The van der Waals surface area contributed by atoms with E-state index in [1.54, 1.807) is 0 Å². The van der Waals surface area contributed by atoms with E-state index in [0.717, 1.165) is 35.7 Å². The van der Waals surface area contributed by atoms with Crippen molar-refractivity contribution in [3.05, 3.63) is 18.2 Å². The molecule has 0 spiro atoms. The van der Waals surface area contributed by atoms with Gasteiger partial charge in [-0.3, -0.25) is 9.59 Å². The lowest BCUT2D eigenvalue weighted by atomic mass is 10.2. The Kier molecular flexibility index (Phi) is 4.91. The quantitative estimate of drug-likeness (QED) is 0.779. The van der Waals surface area contributed by atoms with Crippen LogP contribution in [0.1, 0.15) is 12.8 Å². The maximum Gasteiger partial charge on any atom is 0.241 e. The average Bonchev–Trinajstić information content (AvgIpc) is 2.92. The van der Waals surface area contributed by atoms with E-state index in [1.165, 1.54) is 11.8 Å². The molecule has 1 aromatic rings. The predicted octanol–water partition coefficient (Wildman–Crippen LogP) is 1.84. The predicted molar refractivity (Wildman–Crippen MR) is 82.7 cm³/mol. The summed E-state index contributed by atoms with van der Waals surface area (Å²) in [5, 5.41) is 8.86. The van der Waals surface area contributed by atoms with Gasteiger partial charge in [-0.2, -0.15) is 0 Å². The number of halogens is 1. The Balaban J connectivity index is 0.00000147. The minimum Gasteiger partial charge on any atom is -0.325 e. The first-order valence-electron chi connectivity index (χ1n) is 6.33. The van der Waals surface area contributed by atoms with Crippen LogP contribution in [0, 0.1) is 0 Å². The number of hydrogen-bond donors (Lipinski definition) is 3. The van der Waals surface area contributed by atoms with E-state index in [2.05, 4.69) is 16.0 Å². The van der Waals surface area contributed by atoms with Gasteiger partial charge in [-0.15, -0.1) is 24.2 Å². The highest BCUT2D eigenvalue weighted by molar-refractivity contribution is 8.00. The molecule has 2 aliphatic heterocycles. The number of carbonyl (C=O) groups is 2. The van der Waals surface area contributed by atoms with Gasteiger partial charge in [0.25, 0.3) is 0 Å². The molecule has 0 aliphatic carbocycles. The maximum atomic E-state index is 12.0. The zero-order chi connectivity index (χ0) is 13.2. The molecule has 1 saturated heterocycles. The summed E-state index contributed by atoms with van der Waals surface area (Å²) in [6, 6.07) is 5.51. The number of thioether (sulfide) groups is 1. The van der Waals surface area contributed by atoms with Crippen molar-refractivity contribution in [2.24, 2.45) is 0 Å². The Labute approximate surface area is 127 Å². The fraction of sp³-hybridized carbons (Fsp3) is 0.385. The first-order valence-corrected chi connectivity index (χ1v) is 7.32. The van der Waals surface area contributed by atoms with Crippen molar-refractivity contribution in [3.8, 4) is 0 Å². The van der Waals surface area contributed by atoms with Gasteiger partial charge in [0.15, 0.2) is 0 Å². The Bertz CT molecular complexity index is 532. The molecule has 3 N–H and O–H groups in total. The summed E-state index contributed by atoms with van der Waals surface area (Å²) in [4.78, 5) is 24.4. The van der Waals surface area contributed by atoms with E-state index < -0.39 is 0 Å². The Hall–Kier alpha value is -1.24. The van der Waals surface area contributed by atoms with E-state index in [0.29, 0.717) is 5.75 Å². The van der Waals surface area contributed by atoms with Gasteiger partial charge >= 0.3 is 0 Å². The molecule has 1 aromatic carbocycles. The maximum absolute atomic E-state index is 12.0. The number of carbonyl (C=O) groups excluding carboxylic acids is 2. The second-order valence-corrected chi connectivity index (χ2v) is 5.70. The van der Waals surface area contributed by atoms with E-state index in [1.807, 2.05) is 18.2 Å². The molecular weight excluding hydrogens is 298 g/mol. The van der Waals surface area contributed by atoms with Crippen molar-refractivity contribution in [3.63, 3.8) is 0 Å². The van der Waals surface area contributed by atoms with Crippen LogP contribution in [0.4, 0.5) is 11.4 Å². The van der Waals surface area contributed by atoms with Gasteiger partial charge < -0.3 is 16.0 Å². The molecule has 0 saturated carbocycles. The number of nitrogens with one attached hydrogen (secondary N) is 3. The van der Waals surface area contributed by atoms with Crippen molar-refractivity contribution in [2.75, 3.05) is 22.9 Å². The van der Waals surface area contributed by atoms with E-state index >= 15 is 0 Å². The van der Waals surface area contributed by atoms with Gasteiger partial charge in [0, 0.05) is 10.6 Å². The number of benzene rings is 1. The van der Waals surface area contributed by atoms with Crippen LogP contribution in [0.15, 0.2) is 23.1 Å². The fourth-order valence-electron chi connectivity index (χ4n) is 2.30. The summed E-state index contributed by atoms with van der Waals surface area (Å²) >= 11 is 1.51. The number of rotatable bonds is 2. The molecule has 1 unspecified atom stereocenters. The molecule has 7 heteroatoms. The molecule has 1 atom stereocenters. The Morgan fingerprint density at radius 1 is 1.40 bits per heavy atom. The van der Waals surface area contributed by atoms with Gasteiger partial charge in [0.2, 0.25) is 11.8 Å². The van der Waals surface area contributed by atoms with Crippen molar-refractivity contribution in [1.82, 2.24) is 5.32 Å². The second kappa shape index (κ2) is 6.47. The summed E-state index contributed by atoms with van der Waals surface area (Å²) in [5.74, 6) is 0.440. The van der Waals surface area contributed by atoms with Gasteiger partial charge in [-0.25, -0.2) is 0 Å². The second-order valence-electron chi connectivity index (χ2n) is 4.69. The van der Waals surface area contributed by atoms with Gasteiger partial charge in [0.05, 0.1) is 17.5 Å². The molecule has 0 aromatic heterocycles. The summed E-state index contributed by atoms with van der Waals surface area (Å²) in [6.45, 7) is 0.898. The number of anilines is 2. The molecule has 2 aliphatic rings. The Morgan fingerprint density at radius 3 is 3.00 bits per heavy atom. The number of fused-ring (bicyclic) bond motifs is 1. The van der Waals surface area contributed by atoms with Crippen molar-refractivity contribution in [1.29, 1.82) is 0 Å². The average molecular weight is 314 g/mol. The van der Waals surface area contributed by atoms with Crippen molar-refractivity contribution >= 4 is 47.4 Å². The lowest BCUT2D eigenvalue weighted by Crippen LogP contribution is -2.35. The molecule has 2 amide bonds. The monoisotopic (exact) mass is 313 g/mol. The third kappa shape index (κ3) is 3.26. The van der Waals surface area contributed by atoms with Gasteiger partial charge in [-0.1, -0.05) is 0 Å². The zero-order valence-corrected chi connectivity index (χ0v) is 12.4. The minimum absolute atomic E-state index is 0. The van der Waals surface area contributed by atoms with Gasteiger partial charge in [0.1, 0.15) is 0 Å². The molecule has 0 bridgehead atoms. The van der Waals surface area contributed by atoms with Crippen LogP contribution in [0.2, 0.25) is 0 Å². The van der Waals surface area contributed by atoms with Crippen LogP contribution in [-0.4, -0.2) is 30.2 Å². The largest absolute Gasteiger partial charge is 0.325 e. The third-order valence-electron chi connectivity index (χ3n) is 3.26. The van der Waals surface area contributed by atoms with Crippen LogP contribution >= 0.6 is 24.2 Å². The molecule has 5 nitrogen and oxygen atoms in total. The molecule has 1 fully saturated rings. The topological polar surface area (TPSA) is 70.2 Å². The zero-order valence-electron chi connectivity index (χ0n) is 10.8. The normalized spacial score (nSPS) is 20.6.